The number of nitrogens with one attached hydrogen (secondary N) is 1. The summed E-state index contributed by atoms with van der Waals surface area (Å²) >= 11 is 0. The van der Waals surface area contributed by atoms with Crippen LogP contribution in [0.2, 0.25) is 0 Å². The number of rotatable bonds is 10. The van der Waals surface area contributed by atoms with E-state index in [1.807, 2.05) is 25.7 Å². The quantitative estimate of drug-likeness (QED) is 0.412. The molecule has 1 saturated heterocycles. The molecule has 0 saturated carbocycles. The van der Waals surface area contributed by atoms with Crippen molar-refractivity contribution in [2.45, 2.75) is 45.1 Å². The van der Waals surface area contributed by atoms with Crippen molar-refractivity contribution in [3.05, 3.63) is 34.2 Å². The van der Waals surface area contributed by atoms with Gasteiger partial charge in [-0.2, -0.15) is 9.40 Å². The fraction of sp³-hybridized carbons (Fsp3) is 0.542. The molecule has 0 radical (unpaired) electrons. The van der Waals surface area contributed by atoms with Gasteiger partial charge in [0.05, 0.1) is 29.4 Å². The zero-order chi connectivity index (χ0) is 25.9. The second-order valence-corrected chi connectivity index (χ2v) is 10.6. The molecule has 2 N–H and O–H groups in total. The molecule has 1 aliphatic rings. The zero-order valence-electron chi connectivity index (χ0n) is 21.0. The summed E-state index contributed by atoms with van der Waals surface area (Å²) < 4.78 is 35.8. The highest BCUT2D eigenvalue weighted by Gasteiger charge is 2.29. The Hall–Kier alpha value is -2.80. The third-order valence-corrected chi connectivity index (χ3v) is 8.24. The number of nitrogens with zero attached hydrogens (tertiary/aromatic N) is 5. The van der Waals surface area contributed by atoms with Crippen LogP contribution < -0.4 is 10.3 Å². The van der Waals surface area contributed by atoms with Crippen molar-refractivity contribution < 1.29 is 18.3 Å². The van der Waals surface area contributed by atoms with Crippen molar-refractivity contribution in [1.82, 2.24) is 29.0 Å². The minimum absolute atomic E-state index is 0.0433. The van der Waals surface area contributed by atoms with E-state index in [-0.39, 0.29) is 22.9 Å². The average Bonchev–Trinajstić information content (AvgIpc) is 3.23. The van der Waals surface area contributed by atoms with Crippen LogP contribution in [0.5, 0.6) is 5.75 Å². The van der Waals surface area contributed by atoms with Crippen LogP contribution in [-0.2, 0) is 23.0 Å². The highest BCUT2D eigenvalue weighted by molar-refractivity contribution is 7.89. The maximum Gasteiger partial charge on any atom is 0.277 e. The number of fused-ring (bicyclic) bond motifs is 1. The molecular formula is C24H34N6O5S. The number of piperazine rings is 1. The minimum Gasteiger partial charge on any atom is -0.493 e. The van der Waals surface area contributed by atoms with Gasteiger partial charge in [0.25, 0.3) is 5.56 Å². The summed E-state index contributed by atoms with van der Waals surface area (Å²) in [6, 6.07) is 4.66. The summed E-state index contributed by atoms with van der Waals surface area (Å²) in [4.78, 5) is 22.8. The second kappa shape index (κ2) is 11.1. The number of aromatic nitrogens is 4. The van der Waals surface area contributed by atoms with E-state index >= 15 is 0 Å². The first-order valence-corrected chi connectivity index (χ1v) is 13.9. The Morgan fingerprint density at radius 3 is 2.53 bits per heavy atom. The van der Waals surface area contributed by atoms with Gasteiger partial charge in [-0.25, -0.2) is 13.4 Å². The van der Waals surface area contributed by atoms with Crippen LogP contribution >= 0.6 is 0 Å². The van der Waals surface area contributed by atoms with Gasteiger partial charge in [0, 0.05) is 39.3 Å². The molecule has 1 aromatic carbocycles. The molecule has 196 valence electrons. The lowest BCUT2D eigenvalue weighted by Crippen LogP contribution is -2.49. The molecular weight excluding hydrogens is 484 g/mol. The van der Waals surface area contributed by atoms with Crippen molar-refractivity contribution in [3.8, 4) is 17.1 Å². The number of β-amino-alcohol motifs (C(OH)–C–C–N with tert-alkyl or cyclic N) is 1. The first kappa shape index (κ1) is 26.3. The Morgan fingerprint density at radius 1 is 1.14 bits per heavy atom. The molecule has 12 heteroatoms. The summed E-state index contributed by atoms with van der Waals surface area (Å²) in [5.41, 5.74) is 1.74. The molecule has 0 atom stereocenters. The molecule has 0 amide bonds. The maximum atomic E-state index is 13.5. The first-order chi connectivity index (χ1) is 17.3. The zero-order valence-corrected chi connectivity index (χ0v) is 21.8. The summed E-state index contributed by atoms with van der Waals surface area (Å²) in [6.45, 7) is 9.04. The topological polar surface area (TPSA) is 134 Å². The van der Waals surface area contributed by atoms with Crippen LogP contribution in [0.4, 0.5) is 0 Å². The summed E-state index contributed by atoms with van der Waals surface area (Å²) in [5, 5.41) is 13.7. The summed E-state index contributed by atoms with van der Waals surface area (Å²) in [7, 11) is -3.78. The Balaban J connectivity index is 1.79. The molecule has 1 aliphatic heterocycles. The number of aliphatic hydroxyl groups excluding tert-OH is 1. The number of H-pyrrole nitrogens is 1. The highest BCUT2D eigenvalue weighted by atomic mass is 32.2. The number of hydrogen-bond acceptors (Lipinski definition) is 8. The largest absolute Gasteiger partial charge is 0.493 e. The molecule has 4 rings (SSSR count). The van der Waals surface area contributed by atoms with Gasteiger partial charge in [-0.3, -0.25) is 14.4 Å². The number of ether oxygens (including phenoxy) is 1. The van der Waals surface area contributed by atoms with E-state index in [1.165, 1.54) is 16.4 Å². The van der Waals surface area contributed by atoms with Gasteiger partial charge < -0.3 is 14.8 Å². The van der Waals surface area contributed by atoms with Crippen molar-refractivity contribution in [3.63, 3.8) is 0 Å². The van der Waals surface area contributed by atoms with E-state index < -0.39 is 10.0 Å². The first-order valence-electron chi connectivity index (χ1n) is 12.4. The van der Waals surface area contributed by atoms with Crippen molar-refractivity contribution in [2.75, 3.05) is 45.9 Å². The molecule has 0 unspecified atom stereocenters. The second-order valence-electron chi connectivity index (χ2n) is 8.68. The molecule has 3 aromatic rings. The van der Waals surface area contributed by atoms with E-state index in [0.717, 1.165) is 12.1 Å². The SMILES string of the molecule is CCCc1nn(CC)c2c(=O)[nH]c(-c3cc(S(=O)(=O)N4CCN(CCO)CC4)ccc3OCC)nc12. The predicted octanol–water partition coefficient (Wildman–Crippen LogP) is 1.46. The van der Waals surface area contributed by atoms with Crippen LogP contribution in [0.15, 0.2) is 27.9 Å². The molecule has 3 heterocycles. The van der Waals surface area contributed by atoms with E-state index in [0.29, 0.717) is 74.6 Å². The van der Waals surface area contributed by atoms with Crippen LogP contribution in [0.3, 0.4) is 0 Å². The van der Waals surface area contributed by atoms with Crippen molar-refractivity contribution in [1.29, 1.82) is 0 Å². The smallest absolute Gasteiger partial charge is 0.277 e. The lowest BCUT2D eigenvalue weighted by Gasteiger charge is -2.33. The van der Waals surface area contributed by atoms with E-state index in [1.54, 1.807) is 10.7 Å². The van der Waals surface area contributed by atoms with Crippen LogP contribution in [0.1, 0.15) is 32.9 Å². The maximum absolute atomic E-state index is 13.5. The molecule has 1 fully saturated rings. The lowest BCUT2D eigenvalue weighted by atomic mass is 10.1. The summed E-state index contributed by atoms with van der Waals surface area (Å²) in [5.74, 6) is 0.681. The third kappa shape index (κ3) is 5.03. The molecule has 0 bridgehead atoms. The molecule has 0 aliphatic carbocycles. The molecule has 2 aromatic heterocycles. The Kier molecular flexibility index (Phi) is 8.08. The van der Waals surface area contributed by atoms with Crippen molar-refractivity contribution in [2.24, 2.45) is 0 Å². The monoisotopic (exact) mass is 518 g/mol. The van der Waals surface area contributed by atoms with Crippen LogP contribution in [0.25, 0.3) is 22.4 Å². The van der Waals surface area contributed by atoms with Gasteiger partial charge in [0.2, 0.25) is 10.0 Å². The standard InChI is InChI=1S/C24H34N6O5S/c1-4-7-19-21-22(30(5-2)27-19)24(32)26-23(25-21)18-16-17(8-9-20(18)35-6-3)36(33,34)29-12-10-28(11-13-29)14-15-31/h8-9,16,31H,4-7,10-15H2,1-3H3,(H,25,26,32). The Labute approximate surface area is 210 Å². The number of hydrogen-bond donors (Lipinski definition) is 2. The minimum atomic E-state index is -3.78. The Bertz CT molecular complexity index is 1380. The number of aliphatic hydroxyl groups is 1. The molecule has 36 heavy (non-hydrogen) atoms. The average molecular weight is 519 g/mol. The van der Waals surface area contributed by atoms with Gasteiger partial charge in [-0.15, -0.1) is 0 Å². The lowest BCUT2D eigenvalue weighted by molar-refractivity contribution is 0.151. The molecule has 11 nitrogen and oxygen atoms in total. The van der Waals surface area contributed by atoms with Crippen molar-refractivity contribution >= 4 is 21.1 Å². The van der Waals surface area contributed by atoms with Crippen LogP contribution in [0, 0.1) is 0 Å². The van der Waals surface area contributed by atoms with Gasteiger partial charge >= 0.3 is 0 Å². The summed E-state index contributed by atoms with van der Waals surface area (Å²) in [6.07, 6.45) is 1.53. The molecule has 0 spiro atoms. The van der Waals surface area contributed by atoms with E-state index in [4.69, 9.17) is 14.8 Å². The number of benzene rings is 1. The third-order valence-electron chi connectivity index (χ3n) is 6.35. The fourth-order valence-corrected chi connectivity index (χ4v) is 5.98. The van der Waals surface area contributed by atoms with Crippen LogP contribution in [-0.4, -0.2) is 88.4 Å². The van der Waals surface area contributed by atoms with Gasteiger partial charge in [0.15, 0.2) is 5.52 Å². The van der Waals surface area contributed by atoms with E-state index in [2.05, 4.69) is 10.1 Å². The Morgan fingerprint density at radius 2 is 1.89 bits per heavy atom. The van der Waals surface area contributed by atoms with Gasteiger partial charge in [0.1, 0.15) is 17.1 Å². The van der Waals surface area contributed by atoms with E-state index in [9.17, 15) is 13.2 Å². The van der Waals surface area contributed by atoms with Gasteiger partial charge in [-0.05, 0) is 38.5 Å². The number of aromatic amines is 1. The fourth-order valence-electron chi connectivity index (χ4n) is 4.53. The normalized spacial score (nSPS) is 15.6. The number of sulfonamides is 1. The van der Waals surface area contributed by atoms with Gasteiger partial charge in [-0.1, -0.05) is 13.3 Å². The number of aryl methyl sites for hydroxylation is 2. The predicted molar refractivity (Wildman–Crippen MR) is 137 cm³/mol. The highest BCUT2D eigenvalue weighted by Crippen LogP contribution is 2.32.